The molecular weight excluding hydrogens is 363 g/mol. The first-order chi connectivity index (χ1) is 13.5. The second-order valence-corrected chi connectivity index (χ2v) is 7.45. The molecule has 6 nitrogen and oxygen atoms in total. The van der Waals surface area contributed by atoms with Crippen LogP contribution in [0.1, 0.15) is 51.5 Å². The van der Waals surface area contributed by atoms with E-state index in [1.807, 2.05) is 6.92 Å². The van der Waals surface area contributed by atoms with Crippen LogP contribution in [0.4, 0.5) is 4.39 Å². The van der Waals surface area contributed by atoms with E-state index >= 15 is 0 Å². The van der Waals surface area contributed by atoms with E-state index in [-0.39, 0.29) is 23.8 Å². The molecule has 152 valence electrons. The first-order valence-electron chi connectivity index (χ1n) is 9.91. The van der Waals surface area contributed by atoms with Gasteiger partial charge in [-0.3, -0.25) is 9.59 Å². The molecule has 3 rings (SSSR count). The number of likely N-dealkylation sites (tertiary alicyclic amines) is 1. The zero-order chi connectivity index (χ0) is 20.1. The van der Waals surface area contributed by atoms with E-state index in [0.29, 0.717) is 45.4 Å². The Morgan fingerprint density at radius 2 is 2.07 bits per heavy atom. The number of carbonyl (C=O) groups excluding carboxylic acids is 2. The van der Waals surface area contributed by atoms with E-state index in [2.05, 4.69) is 5.16 Å². The quantitative estimate of drug-likeness (QED) is 0.699. The van der Waals surface area contributed by atoms with E-state index in [1.165, 1.54) is 12.1 Å². The van der Waals surface area contributed by atoms with E-state index in [0.717, 1.165) is 17.7 Å². The van der Waals surface area contributed by atoms with E-state index in [1.54, 1.807) is 24.0 Å². The highest BCUT2D eigenvalue weighted by Crippen LogP contribution is 2.39. The molecule has 2 aliphatic heterocycles. The normalized spacial score (nSPS) is 24.5. The number of ether oxygens (including phenoxy) is 1. The summed E-state index contributed by atoms with van der Waals surface area (Å²) in [5, 5.41) is 4.15. The molecule has 2 aliphatic rings. The molecule has 0 radical (unpaired) electrons. The van der Waals surface area contributed by atoms with Crippen LogP contribution in [0.3, 0.4) is 0 Å². The number of esters is 1. The average molecular weight is 390 g/mol. The molecule has 2 unspecified atom stereocenters. The molecular formula is C21H27FN2O4. The molecule has 1 aromatic carbocycles. The van der Waals surface area contributed by atoms with Crippen molar-refractivity contribution in [1.82, 2.24) is 4.90 Å². The summed E-state index contributed by atoms with van der Waals surface area (Å²) in [6, 6.07) is 6.12. The van der Waals surface area contributed by atoms with Crippen molar-refractivity contribution in [3.05, 3.63) is 35.6 Å². The number of nitrogens with zero attached hydrogens (tertiary/aromatic N) is 2. The van der Waals surface area contributed by atoms with Gasteiger partial charge in [0.2, 0.25) is 5.91 Å². The summed E-state index contributed by atoms with van der Waals surface area (Å²) >= 11 is 0. The molecule has 2 heterocycles. The van der Waals surface area contributed by atoms with Crippen LogP contribution in [0, 0.1) is 11.2 Å². The third kappa shape index (κ3) is 4.34. The van der Waals surface area contributed by atoms with Gasteiger partial charge in [-0.25, -0.2) is 4.39 Å². The lowest BCUT2D eigenvalue weighted by Crippen LogP contribution is -2.51. The molecule has 1 fully saturated rings. The van der Waals surface area contributed by atoms with Gasteiger partial charge in [-0.05, 0) is 37.5 Å². The molecule has 1 aromatic rings. The van der Waals surface area contributed by atoms with Crippen LogP contribution >= 0.6 is 0 Å². The van der Waals surface area contributed by atoms with Crippen LogP contribution in [-0.2, 0) is 19.2 Å². The van der Waals surface area contributed by atoms with Crippen LogP contribution in [0.25, 0.3) is 0 Å². The number of piperidine rings is 1. The summed E-state index contributed by atoms with van der Waals surface area (Å²) in [4.78, 5) is 32.5. The number of rotatable bonds is 6. The summed E-state index contributed by atoms with van der Waals surface area (Å²) < 4.78 is 18.5. The van der Waals surface area contributed by atoms with Crippen LogP contribution in [0.2, 0.25) is 0 Å². The van der Waals surface area contributed by atoms with Gasteiger partial charge in [0.15, 0.2) is 0 Å². The Labute approximate surface area is 164 Å². The van der Waals surface area contributed by atoms with Crippen molar-refractivity contribution in [2.45, 2.75) is 52.1 Å². The van der Waals surface area contributed by atoms with Crippen molar-refractivity contribution >= 4 is 17.6 Å². The molecule has 0 spiro atoms. The fraction of sp³-hybridized carbons (Fsp3) is 0.571. The van der Waals surface area contributed by atoms with Gasteiger partial charge in [0.25, 0.3) is 0 Å². The molecule has 2 atom stereocenters. The van der Waals surface area contributed by atoms with Crippen molar-refractivity contribution in [2.75, 3.05) is 19.7 Å². The summed E-state index contributed by atoms with van der Waals surface area (Å²) in [7, 11) is 0. The minimum Gasteiger partial charge on any atom is -0.466 e. The number of oxime groups is 1. The number of hydrogen-bond donors (Lipinski definition) is 0. The van der Waals surface area contributed by atoms with Gasteiger partial charge < -0.3 is 14.5 Å². The zero-order valence-electron chi connectivity index (χ0n) is 16.4. The number of benzene rings is 1. The number of carbonyl (C=O) groups is 2. The molecule has 1 saturated heterocycles. The fourth-order valence-corrected chi connectivity index (χ4v) is 4.06. The van der Waals surface area contributed by atoms with Gasteiger partial charge in [0.05, 0.1) is 17.7 Å². The molecule has 0 saturated carbocycles. The third-order valence-electron chi connectivity index (χ3n) is 5.47. The maximum atomic E-state index is 13.1. The van der Waals surface area contributed by atoms with Gasteiger partial charge >= 0.3 is 5.97 Å². The molecule has 0 N–H and O–H groups in total. The molecule has 0 aliphatic carbocycles. The molecule has 28 heavy (non-hydrogen) atoms. The number of amides is 1. The van der Waals surface area contributed by atoms with Crippen molar-refractivity contribution < 1.29 is 23.6 Å². The van der Waals surface area contributed by atoms with Crippen LogP contribution in [0.5, 0.6) is 0 Å². The average Bonchev–Trinajstić information content (AvgIpc) is 3.16. The first-order valence-corrected chi connectivity index (χ1v) is 9.91. The standard InChI is InChI=1S/C21H27FN2O4/c1-3-19(25)24-11-5-10-21(14-24,20(26)27-4-2)13-17-12-18(23-28-17)15-6-8-16(22)9-7-15/h6-9,17H,3-5,10-14H2,1-2H3. The highest BCUT2D eigenvalue weighted by atomic mass is 19.1. The Balaban J connectivity index is 1.73. The van der Waals surface area contributed by atoms with Gasteiger partial charge in [-0.1, -0.05) is 24.2 Å². The van der Waals surface area contributed by atoms with Crippen LogP contribution < -0.4 is 0 Å². The van der Waals surface area contributed by atoms with Crippen molar-refractivity contribution in [3.63, 3.8) is 0 Å². The maximum Gasteiger partial charge on any atom is 0.314 e. The smallest absolute Gasteiger partial charge is 0.314 e. The summed E-state index contributed by atoms with van der Waals surface area (Å²) in [5.41, 5.74) is 0.763. The largest absolute Gasteiger partial charge is 0.466 e. The molecule has 1 amide bonds. The van der Waals surface area contributed by atoms with Crippen LogP contribution in [-0.4, -0.2) is 48.3 Å². The monoisotopic (exact) mass is 390 g/mol. The predicted molar refractivity (Wildman–Crippen MR) is 102 cm³/mol. The minimum atomic E-state index is -0.780. The SMILES string of the molecule is CCOC(=O)C1(CC2CC(c3ccc(F)cc3)=NO2)CCCN(C(=O)CC)C1. The Hall–Kier alpha value is -2.44. The first kappa shape index (κ1) is 20.3. The lowest BCUT2D eigenvalue weighted by atomic mass is 9.74. The van der Waals surface area contributed by atoms with Crippen molar-refractivity contribution in [2.24, 2.45) is 10.6 Å². The van der Waals surface area contributed by atoms with Crippen molar-refractivity contribution in [3.8, 4) is 0 Å². The lowest BCUT2D eigenvalue weighted by Gasteiger charge is -2.41. The molecule has 0 aromatic heterocycles. The topological polar surface area (TPSA) is 68.2 Å². The number of halogens is 1. The summed E-state index contributed by atoms with van der Waals surface area (Å²) in [5.74, 6) is -0.532. The Morgan fingerprint density at radius 1 is 1.32 bits per heavy atom. The zero-order valence-corrected chi connectivity index (χ0v) is 16.4. The summed E-state index contributed by atoms with van der Waals surface area (Å²) in [6.45, 7) is 4.92. The Bertz CT molecular complexity index is 749. The van der Waals surface area contributed by atoms with Gasteiger partial charge in [-0.15, -0.1) is 0 Å². The van der Waals surface area contributed by atoms with Crippen molar-refractivity contribution in [1.29, 1.82) is 0 Å². The van der Waals surface area contributed by atoms with Crippen LogP contribution in [0.15, 0.2) is 29.4 Å². The Morgan fingerprint density at radius 3 is 2.75 bits per heavy atom. The van der Waals surface area contributed by atoms with Gasteiger partial charge in [-0.2, -0.15) is 0 Å². The predicted octanol–water partition coefficient (Wildman–Crippen LogP) is 3.29. The van der Waals surface area contributed by atoms with Gasteiger partial charge in [0.1, 0.15) is 11.9 Å². The minimum absolute atomic E-state index is 0.0453. The van der Waals surface area contributed by atoms with E-state index in [9.17, 15) is 14.0 Å². The highest BCUT2D eigenvalue weighted by molar-refractivity contribution is 6.01. The fourth-order valence-electron chi connectivity index (χ4n) is 4.06. The maximum absolute atomic E-state index is 13.1. The van der Waals surface area contributed by atoms with Gasteiger partial charge in [0, 0.05) is 32.4 Å². The lowest BCUT2D eigenvalue weighted by molar-refractivity contribution is -0.163. The second kappa shape index (κ2) is 8.71. The molecule has 0 bridgehead atoms. The molecule has 7 heteroatoms. The highest BCUT2D eigenvalue weighted by Gasteiger charge is 2.47. The summed E-state index contributed by atoms with van der Waals surface area (Å²) in [6.07, 6.45) is 2.52. The third-order valence-corrected chi connectivity index (χ3v) is 5.47. The Kier molecular flexibility index (Phi) is 6.31. The van der Waals surface area contributed by atoms with E-state index in [4.69, 9.17) is 9.57 Å². The number of hydrogen-bond acceptors (Lipinski definition) is 5. The van der Waals surface area contributed by atoms with E-state index < -0.39 is 5.41 Å². The second-order valence-electron chi connectivity index (χ2n) is 7.45.